The number of amides is 1. The second-order valence-corrected chi connectivity index (χ2v) is 5.61. The average Bonchev–Trinajstić information content (AvgIpc) is 2.10. The molecule has 0 aromatic heterocycles. The van der Waals surface area contributed by atoms with Gasteiger partial charge < -0.3 is 10.1 Å². The first-order valence-corrected chi connectivity index (χ1v) is 5.93. The van der Waals surface area contributed by atoms with Crippen LogP contribution in [-0.2, 0) is 9.53 Å². The summed E-state index contributed by atoms with van der Waals surface area (Å²) >= 11 is 0. The van der Waals surface area contributed by atoms with Crippen LogP contribution in [0.1, 0.15) is 46.5 Å². The highest BCUT2D eigenvalue weighted by molar-refractivity contribution is 5.90. The molecule has 1 fully saturated rings. The maximum absolute atomic E-state index is 11.7. The molecular formula is C13H21NO3. The minimum Gasteiger partial charge on any atom is -0.444 e. The van der Waals surface area contributed by atoms with Gasteiger partial charge in [-0.2, -0.15) is 0 Å². The van der Waals surface area contributed by atoms with Crippen LogP contribution in [-0.4, -0.2) is 23.0 Å². The van der Waals surface area contributed by atoms with Crippen molar-refractivity contribution in [2.24, 2.45) is 0 Å². The molecule has 96 valence electrons. The van der Waals surface area contributed by atoms with E-state index in [1.54, 1.807) is 0 Å². The molecule has 1 aliphatic rings. The predicted octanol–water partition coefficient (Wildman–Crippen LogP) is 2.58. The van der Waals surface area contributed by atoms with Gasteiger partial charge in [0.05, 0.1) is 5.54 Å². The molecule has 4 nitrogen and oxygen atoms in total. The van der Waals surface area contributed by atoms with Gasteiger partial charge in [0, 0.05) is 6.42 Å². The highest BCUT2D eigenvalue weighted by atomic mass is 16.6. The zero-order valence-corrected chi connectivity index (χ0v) is 10.8. The van der Waals surface area contributed by atoms with E-state index in [2.05, 4.69) is 11.9 Å². The molecule has 1 N–H and O–H groups in total. The minimum absolute atomic E-state index is 0.0410. The number of ether oxygens (including phenoxy) is 1. The van der Waals surface area contributed by atoms with Crippen molar-refractivity contribution in [1.82, 2.24) is 5.32 Å². The first-order chi connectivity index (χ1) is 7.76. The normalized spacial score (nSPS) is 17.8. The van der Waals surface area contributed by atoms with Crippen molar-refractivity contribution in [1.29, 1.82) is 0 Å². The molecule has 1 aliphatic carbocycles. The van der Waals surface area contributed by atoms with Crippen molar-refractivity contribution in [3.05, 3.63) is 12.7 Å². The van der Waals surface area contributed by atoms with E-state index < -0.39 is 17.2 Å². The van der Waals surface area contributed by atoms with E-state index in [4.69, 9.17) is 4.74 Å². The lowest BCUT2D eigenvalue weighted by atomic mass is 9.73. The number of rotatable bonds is 4. The van der Waals surface area contributed by atoms with E-state index in [1.807, 2.05) is 20.8 Å². The quantitative estimate of drug-likeness (QED) is 0.767. The van der Waals surface area contributed by atoms with Gasteiger partial charge in [-0.3, -0.25) is 4.79 Å². The van der Waals surface area contributed by atoms with Crippen LogP contribution in [0.5, 0.6) is 0 Å². The van der Waals surface area contributed by atoms with Crippen molar-refractivity contribution in [3.63, 3.8) is 0 Å². The van der Waals surface area contributed by atoms with Crippen molar-refractivity contribution < 1.29 is 14.3 Å². The molecule has 0 spiro atoms. The standard InChI is InChI=1S/C13H21NO3/c1-5-10(15)9-13(7-6-8-13)14-11(16)17-12(2,3)4/h5H,1,6-9H2,2-4H3,(H,14,16). The van der Waals surface area contributed by atoms with Gasteiger partial charge in [-0.25, -0.2) is 4.79 Å². The van der Waals surface area contributed by atoms with Crippen molar-refractivity contribution in [2.45, 2.75) is 57.6 Å². The molecule has 17 heavy (non-hydrogen) atoms. The van der Waals surface area contributed by atoms with Crippen LogP contribution in [0, 0.1) is 0 Å². The van der Waals surface area contributed by atoms with Crippen LogP contribution in [0.15, 0.2) is 12.7 Å². The summed E-state index contributed by atoms with van der Waals surface area (Å²) in [5.74, 6) is -0.0410. The third-order valence-electron chi connectivity index (χ3n) is 2.82. The largest absolute Gasteiger partial charge is 0.444 e. The van der Waals surface area contributed by atoms with Crippen LogP contribution < -0.4 is 5.32 Å². The summed E-state index contributed by atoms with van der Waals surface area (Å²) in [6.07, 6.45) is 3.85. The predicted molar refractivity (Wildman–Crippen MR) is 65.8 cm³/mol. The summed E-state index contributed by atoms with van der Waals surface area (Å²) in [4.78, 5) is 23.0. The second-order valence-electron chi connectivity index (χ2n) is 5.61. The second kappa shape index (κ2) is 4.90. The summed E-state index contributed by atoms with van der Waals surface area (Å²) in [7, 11) is 0. The Morgan fingerprint density at radius 1 is 1.41 bits per heavy atom. The fourth-order valence-corrected chi connectivity index (χ4v) is 1.88. The van der Waals surface area contributed by atoms with Gasteiger partial charge in [-0.1, -0.05) is 6.58 Å². The van der Waals surface area contributed by atoms with E-state index in [0.29, 0.717) is 6.42 Å². The lowest BCUT2D eigenvalue weighted by Crippen LogP contribution is -2.55. The fraction of sp³-hybridized carbons (Fsp3) is 0.692. The van der Waals surface area contributed by atoms with Crippen molar-refractivity contribution in [2.75, 3.05) is 0 Å². The van der Waals surface area contributed by atoms with E-state index >= 15 is 0 Å². The number of carbonyl (C=O) groups excluding carboxylic acids is 2. The summed E-state index contributed by atoms with van der Waals surface area (Å²) in [6.45, 7) is 8.89. The highest BCUT2D eigenvalue weighted by Crippen LogP contribution is 2.35. The molecule has 0 atom stereocenters. The topological polar surface area (TPSA) is 55.4 Å². The number of allylic oxidation sites excluding steroid dienone is 1. The Hall–Kier alpha value is -1.32. The Kier molecular flexibility index (Phi) is 3.96. The van der Waals surface area contributed by atoms with Gasteiger partial charge in [0.25, 0.3) is 0 Å². The number of carbonyl (C=O) groups is 2. The molecular weight excluding hydrogens is 218 g/mol. The maximum atomic E-state index is 11.7. The van der Waals surface area contributed by atoms with E-state index in [9.17, 15) is 9.59 Å². The van der Waals surface area contributed by atoms with Gasteiger partial charge in [0.2, 0.25) is 0 Å². The first-order valence-electron chi connectivity index (χ1n) is 5.93. The molecule has 1 rings (SSSR count). The Labute approximate surface area is 102 Å². The SMILES string of the molecule is C=CC(=O)CC1(NC(=O)OC(C)(C)C)CCC1. The Balaban J connectivity index is 2.54. The average molecular weight is 239 g/mol. The highest BCUT2D eigenvalue weighted by Gasteiger charge is 2.40. The van der Waals surface area contributed by atoms with Crippen LogP contribution in [0.3, 0.4) is 0 Å². The zero-order valence-electron chi connectivity index (χ0n) is 10.8. The Bertz CT molecular complexity index is 324. The number of alkyl carbamates (subject to hydrolysis) is 1. The summed E-state index contributed by atoms with van der Waals surface area (Å²) in [5, 5.41) is 2.82. The summed E-state index contributed by atoms with van der Waals surface area (Å²) < 4.78 is 5.20. The number of nitrogens with one attached hydrogen (secondary N) is 1. The van der Waals surface area contributed by atoms with E-state index in [1.165, 1.54) is 6.08 Å². The van der Waals surface area contributed by atoms with Gasteiger partial charge >= 0.3 is 6.09 Å². The molecule has 0 aromatic rings. The van der Waals surface area contributed by atoms with Crippen LogP contribution in [0.25, 0.3) is 0 Å². The monoisotopic (exact) mass is 239 g/mol. The molecule has 1 amide bonds. The van der Waals surface area contributed by atoms with Gasteiger partial charge in [-0.05, 0) is 46.1 Å². The van der Waals surface area contributed by atoms with Crippen LogP contribution >= 0.6 is 0 Å². The molecule has 4 heteroatoms. The van der Waals surface area contributed by atoms with Gasteiger partial charge in [-0.15, -0.1) is 0 Å². The van der Waals surface area contributed by atoms with Crippen molar-refractivity contribution in [3.8, 4) is 0 Å². The molecule has 0 aliphatic heterocycles. The summed E-state index contributed by atoms with van der Waals surface area (Å²) in [6, 6.07) is 0. The van der Waals surface area contributed by atoms with Gasteiger partial charge in [0.15, 0.2) is 5.78 Å². The number of hydrogen-bond donors (Lipinski definition) is 1. The molecule has 0 radical (unpaired) electrons. The number of hydrogen-bond acceptors (Lipinski definition) is 3. The minimum atomic E-state index is -0.516. The first kappa shape index (κ1) is 13.7. The van der Waals surface area contributed by atoms with Crippen molar-refractivity contribution >= 4 is 11.9 Å². The molecule has 0 aromatic carbocycles. The lowest BCUT2D eigenvalue weighted by molar-refractivity contribution is -0.116. The molecule has 0 unspecified atom stereocenters. The van der Waals surface area contributed by atoms with Crippen LogP contribution in [0.4, 0.5) is 4.79 Å². The molecule has 1 saturated carbocycles. The van der Waals surface area contributed by atoms with Gasteiger partial charge in [0.1, 0.15) is 5.60 Å². The smallest absolute Gasteiger partial charge is 0.408 e. The lowest BCUT2D eigenvalue weighted by Gasteiger charge is -2.42. The third-order valence-corrected chi connectivity index (χ3v) is 2.82. The maximum Gasteiger partial charge on any atom is 0.408 e. The Morgan fingerprint density at radius 3 is 2.35 bits per heavy atom. The summed E-state index contributed by atoms with van der Waals surface area (Å²) in [5.41, 5.74) is -0.926. The third kappa shape index (κ3) is 4.21. The fourth-order valence-electron chi connectivity index (χ4n) is 1.88. The Morgan fingerprint density at radius 2 is 2.00 bits per heavy atom. The zero-order chi connectivity index (χ0) is 13.1. The van der Waals surface area contributed by atoms with E-state index in [0.717, 1.165) is 19.3 Å². The molecule has 0 bridgehead atoms. The van der Waals surface area contributed by atoms with E-state index in [-0.39, 0.29) is 5.78 Å². The molecule has 0 saturated heterocycles. The molecule has 0 heterocycles. The number of ketones is 1. The van der Waals surface area contributed by atoms with Crippen LogP contribution in [0.2, 0.25) is 0 Å².